The molecule has 33 heavy (non-hydrogen) atoms. The van der Waals surface area contributed by atoms with Gasteiger partial charge in [0.2, 0.25) is 23.6 Å². The van der Waals surface area contributed by atoms with Crippen LogP contribution in [-0.4, -0.2) is 82.6 Å². The minimum atomic E-state index is -1.43. The Labute approximate surface area is 190 Å². The number of aliphatic hydroxyl groups is 1. The first-order valence-electron chi connectivity index (χ1n) is 10.2. The monoisotopic (exact) mass is 474 g/mol. The predicted octanol–water partition coefficient (Wildman–Crippen LogP) is -4.43. The second-order valence-corrected chi connectivity index (χ2v) is 7.42. The van der Waals surface area contributed by atoms with Gasteiger partial charge in [0.1, 0.15) is 18.1 Å². The van der Waals surface area contributed by atoms with E-state index in [4.69, 9.17) is 28.0 Å². The number of guanidine groups is 1. The molecule has 188 valence electrons. The van der Waals surface area contributed by atoms with Crippen molar-refractivity contribution >= 4 is 35.6 Å². The average Bonchev–Trinajstić information content (AvgIpc) is 2.70. The number of rotatable bonds is 15. The lowest BCUT2D eigenvalue weighted by atomic mass is 10.1. The van der Waals surface area contributed by atoms with Crippen LogP contribution in [0.1, 0.15) is 39.5 Å². The van der Waals surface area contributed by atoms with E-state index in [-0.39, 0.29) is 31.8 Å². The van der Waals surface area contributed by atoms with Crippen LogP contribution in [0.4, 0.5) is 0 Å². The molecule has 5 unspecified atom stereocenters. The van der Waals surface area contributed by atoms with Crippen molar-refractivity contribution in [1.29, 1.82) is 0 Å². The van der Waals surface area contributed by atoms with Gasteiger partial charge < -0.3 is 49.1 Å². The molecule has 0 spiro atoms. The number of hydrogen-bond acceptors (Lipinski definition) is 8. The Bertz CT molecular complexity index is 739. The van der Waals surface area contributed by atoms with Crippen LogP contribution in [0.15, 0.2) is 4.99 Å². The van der Waals surface area contributed by atoms with E-state index in [9.17, 15) is 29.1 Å². The first-order chi connectivity index (χ1) is 15.3. The van der Waals surface area contributed by atoms with Gasteiger partial charge in [-0.3, -0.25) is 24.2 Å². The van der Waals surface area contributed by atoms with Gasteiger partial charge in [-0.2, -0.15) is 0 Å². The van der Waals surface area contributed by atoms with Crippen molar-refractivity contribution in [3.8, 4) is 0 Å². The van der Waals surface area contributed by atoms with Crippen LogP contribution >= 0.6 is 0 Å². The number of primary amides is 1. The van der Waals surface area contributed by atoms with Gasteiger partial charge in [-0.1, -0.05) is 0 Å². The topological polar surface area (TPSA) is 278 Å². The zero-order chi connectivity index (χ0) is 25.7. The molecular formula is C18H34N8O7. The zero-order valence-electron chi connectivity index (χ0n) is 18.6. The lowest BCUT2D eigenvalue weighted by Crippen LogP contribution is -2.59. The molecule has 5 atom stereocenters. The molecule has 0 aromatic rings. The first-order valence-corrected chi connectivity index (χ1v) is 10.2. The second kappa shape index (κ2) is 14.6. The van der Waals surface area contributed by atoms with Crippen molar-refractivity contribution in [2.45, 2.75) is 69.8 Å². The molecule has 0 radical (unpaired) electrons. The largest absolute Gasteiger partial charge is 0.480 e. The van der Waals surface area contributed by atoms with Gasteiger partial charge in [-0.05, 0) is 33.1 Å². The first kappa shape index (κ1) is 29.5. The smallest absolute Gasteiger partial charge is 0.326 e. The van der Waals surface area contributed by atoms with Crippen molar-refractivity contribution in [3.05, 3.63) is 0 Å². The van der Waals surface area contributed by atoms with Gasteiger partial charge in [0.05, 0.1) is 12.1 Å². The Balaban J connectivity index is 4.91. The number of amides is 4. The number of hydrogen-bond donors (Lipinski definition) is 9. The Morgan fingerprint density at radius 3 is 2.00 bits per heavy atom. The zero-order valence-corrected chi connectivity index (χ0v) is 18.6. The quantitative estimate of drug-likeness (QED) is 0.0623. The average molecular weight is 475 g/mol. The Kier molecular flexibility index (Phi) is 13.0. The van der Waals surface area contributed by atoms with Crippen molar-refractivity contribution in [3.63, 3.8) is 0 Å². The summed E-state index contributed by atoms with van der Waals surface area (Å²) in [5.41, 5.74) is 21.2. The van der Waals surface area contributed by atoms with Crippen molar-refractivity contribution in [1.82, 2.24) is 16.0 Å². The predicted molar refractivity (Wildman–Crippen MR) is 117 cm³/mol. The molecule has 15 heteroatoms. The number of carbonyl (C=O) groups is 5. The maximum Gasteiger partial charge on any atom is 0.326 e. The lowest BCUT2D eigenvalue weighted by Gasteiger charge is -2.25. The molecule has 0 aliphatic heterocycles. The highest BCUT2D eigenvalue weighted by Gasteiger charge is 2.30. The number of aliphatic carboxylic acids is 1. The highest BCUT2D eigenvalue weighted by Crippen LogP contribution is 2.02. The third kappa shape index (κ3) is 12.2. The van der Waals surface area contributed by atoms with Crippen molar-refractivity contribution in [2.75, 3.05) is 6.54 Å². The van der Waals surface area contributed by atoms with Crippen LogP contribution in [0, 0.1) is 0 Å². The van der Waals surface area contributed by atoms with E-state index in [1.165, 1.54) is 13.8 Å². The molecule has 0 bridgehead atoms. The van der Waals surface area contributed by atoms with E-state index in [2.05, 4.69) is 20.9 Å². The van der Waals surface area contributed by atoms with Crippen LogP contribution in [-0.2, 0) is 24.0 Å². The van der Waals surface area contributed by atoms with E-state index in [0.29, 0.717) is 6.42 Å². The maximum atomic E-state index is 12.5. The van der Waals surface area contributed by atoms with Gasteiger partial charge in [0.25, 0.3) is 0 Å². The molecule has 15 nitrogen and oxygen atoms in total. The van der Waals surface area contributed by atoms with E-state index in [1.54, 1.807) is 0 Å². The van der Waals surface area contributed by atoms with Crippen molar-refractivity contribution < 1.29 is 34.2 Å². The molecule has 0 saturated heterocycles. The summed E-state index contributed by atoms with van der Waals surface area (Å²) in [7, 11) is 0. The molecule has 0 fully saturated rings. The SMILES string of the molecule is CC(NC(=O)C(NC(=O)C(N)CCCN=C(N)N)C(C)O)C(=O)NC(CCC(N)=O)C(=O)O. The lowest BCUT2D eigenvalue weighted by molar-refractivity contribution is -0.142. The Morgan fingerprint density at radius 1 is 0.909 bits per heavy atom. The third-order valence-corrected chi connectivity index (χ3v) is 4.41. The number of aliphatic hydroxyl groups excluding tert-OH is 1. The van der Waals surface area contributed by atoms with E-state index in [1.807, 2.05) is 0 Å². The standard InChI is InChI=1S/C18H34N8O7/c1-8(14(29)25-11(17(32)33)5-6-12(20)28)24-16(31)13(9(2)27)26-15(30)10(19)4-3-7-23-18(21)22/h8-11,13,27H,3-7,19H2,1-2H3,(H2,20,28)(H,24,31)(H,25,29)(H,26,30)(H,32,33)(H4,21,22,23). The number of nitrogens with one attached hydrogen (secondary N) is 3. The number of carboxylic acid groups (broad SMARTS) is 1. The normalized spacial score (nSPS) is 15.2. The minimum Gasteiger partial charge on any atom is -0.480 e. The number of aliphatic imine (C=N–C) groups is 1. The van der Waals surface area contributed by atoms with E-state index in [0.717, 1.165) is 0 Å². The Morgan fingerprint density at radius 2 is 1.52 bits per heavy atom. The molecule has 0 rings (SSSR count). The van der Waals surface area contributed by atoms with E-state index >= 15 is 0 Å². The minimum absolute atomic E-state index is 0.0976. The molecule has 0 aromatic heterocycles. The molecule has 13 N–H and O–H groups in total. The molecular weight excluding hydrogens is 440 g/mol. The fraction of sp³-hybridized carbons (Fsp3) is 0.667. The summed E-state index contributed by atoms with van der Waals surface area (Å²) >= 11 is 0. The molecule has 0 aliphatic carbocycles. The maximum absolute atomic E-state index is 12.5. The number of carboxylic acids is 1. The summed E-state index contributed by atoms with van der Waals surface area (Å²) < 4.78 is 0. The highest BCUT2D eigenvalue weighted by atomic mass is 16.4. The Hall–Kier alpha value is -3.46. The van der Waals surface area contributed by atoms with Crippen LogP contribution in [0.3, 0.4) is 0 Å². The molecule has 0 heterocycles. The highest BCUT2D eigenvalue weighted by molar-refractivity contribution is 5.94. The fourth-order valence-corrected chi connectivity index (χ4v) is 2.53. The van der Waals surface area contributed by atoms with Gasteiger partial charge in [-0.25, -0.2) is 4.79 Å². The summed E-state index contributed by atoms with van der Waals surface area (Å²) in [6, 6.07) is -5.05. The molecule has 0 aliphatic rings. The van der Waals surface area contributed by atoms with Crippen LogP contribution in [0.25, 0.3) is 0 Å². The second-order valence-electron chi connectivity index (χ2n) is 7.42. The molecule has 0 saturated carbocycles. The summed E-state index contributed by atoms with van der Waals surface area (Å²) in [4.78, 5) is 62.8. The molecule has 0 aromatic carbocycles. The van der Waals surface area contributed by atoms with E-state index < -0.39 is 59.9 Å². The summed E-state index contributed by atoms with van der Waals surface area (Å²) in [6.45, 7) is 2.79. The summed E-state index contributed by atoms with van der Waals surface area (Å²) in [5, 5.41) is 25.8. The van der Waals surface area contributed by atoms with Crippen LogP contribution < -0.4 is 38.9 Å². The third-order valence-electron chi connectivity index (χ3n) is 4.41. The summed E-state index contributed by atoms with van der Waals surface area (Å²) in [6.07, 6.45) is -1.22. The summed E-state index contributed by atoms with van der Waals surface area (Å²) in [5.74, 6) is -4.67. The van der Waals surface area contributed by atoms with Crippen LogP contribution in [0.2, 0.25) is 0 Å². The fourth-order valence-electron chi connectivity index (χ4n) is 2.53. The van der Waals surface area contributed by atoms with Crippen LogP contribution in [0.5, 0.6) is 0 Å². The molecule has 4 amide bonds. The number of nitrogens with two attached hydrogens (primary N) is 4. The van der Waals surface area contributed by atoms with Gasteiger partial charge in [-0.15, -0.1) is 0 Å². The number of nitrogens with zero attached hydrogens (tertiary/aromatic N) is 1. The van der Waals surface area contributed by atoms with Crippen molar-refractivity contribution in [2.24, 2.45) is 27.9 Å². The van der Waals surface area contributed by atoms with Gasteiger partial charge in [0.15, 0.2) is 5.96 Å². The van der Waals surface area contributed by atoms with Gasteiger partial charge >= 0.3 is 5.97 Å². The number of carbonyl (C=O) groups excluding carboxylic acids is 4. The van der Waals surface area contributed by atoms with Gasteiger partial charge in [0, 0.05) is 13.0 Å².